The van der Waals surface area contributed by atoms with Crippen molar-refractivity contribution in [2.75, 3.05) is 18.0 Å². The minimum atomic E-state index is -4.51. The zero-order chi connectivity index (χ0) is 23.0. The van der Waals surface area contributed by atoms with Crippen LogP contribution in [-0.4, -0.2) is 50.8 Å². The molecule has 4 rings (SSSR count). The normalized spacial score (nSPS) is 19.2. The van der Waals surface area contributed by atoms with E-state index in [2.05, 4.69) is 15.0 Å². The maximum Gasteiger partial charge on any atom is 0.416 e. The highest BCUT2D eigenvalue weighted by molar-refractivity contribution is 5.96. The molecule has 0 unspecified atom stereocenters. The maximum absolute atomic E-state index is 13.1. The van der Waals surface area contributed by atoms with Crippen molar-refractivity contribution in [2.24, 2.45) is 5.92 Å². The van der Waals surface area contributed by atoms with Gasteiger partial charge in [-0.3, -0.25) is 14.7 Å². The third kappa shape index (κ3) is 4.73. The zero-order valence-corrected chi connectivity index (χ0v) is 17.8. The number of hydrogen-bond donors (Lipinski definition) is 0. The third-order valence-electron chi connectivity index (χ3n) is 5.83. The Kier molecular flexibility index (Phi) is 5.87. The second-order valence-electron chi connectivity index (χ2n) is 8.67. The Bertz CT molecular complexity index is 1010. The molecule has 1 saturated heterocycles. The third-order valence-corrected chi connectivity index (χ3v) is 5.83. The predicted octanol–water partition coefficient (Wildman–Crippen LogP) is 3.85. The summed E-state index contributed by atoms with van der Waals surface area (Å²) in [5, 5.41) is 0. The Morgan fingerprint density at radius 3 is 2.47 bits per heavy atom. The van der Waals surface area contributed by atoms with Crippen LogP contribution in [0.3, 0.4) is 0 Å². The summed E-state index contributed by atoms with van der Waals surface area (Å²) in [7, 11) is 0. The van der Waals surface area contributed by atoms with E-state index in [0.29, 0.717) is 18.4 Å². The summed E-state index contributed by atoms with van der Waals surface area (Å²) in [5.41, 5.74) is 0.223. The molecule has 170 valence electrons. The predicted molar refractivity (Wildman–Crippen MR) is 110 cm³/mol. The van der Waals surface area contributed by atoms with Crippen LogP contribution in [-0.2, 0) is 17.4 Å². The lowest BCUT2D eigenvalue weighted by molar-refractivity contribution is -0.137. The van der Waals surface area contributed by atoms with Gasteiger partial charge in [0.2, 0.25) is 5.95 Å². The lowest BCUT2D eigenvalue weighted by atomic mass is 10.0. The van der Waals surface area contributed by atoms with Crippen LogP contribution in [0.5, 0.6) is 0 Å². The quantitative estimate of drug-likeness (QED) is 0.644. The first-order chi connectivity index (χ1) is 15.1. The van der Waals surface area contributed by atoms with Crippen molar-refractivity contribution in [1.29, 1.82) is 0 Å². The van der Waals surface area contributed by atoms with Crippen molar-refractivity contribution in [3.05, 3.63) is 47.5 Å². The molecule has 2 fully saturated rings. The van der Waals surface area contributed by atoms with E-state index in [1.54, 1.807) is 12.4 Å². The molecule has 1 saturated carbocycles. The van der Waals surface area contributed by atoms with Crippen LogP contribution >= 0.6 is 0 Å². The number of alkyl halides is 3. The number of nitrogens with zero attached hydrogens (tertiary/aromatic N) is 5. The summed E-state index contributed by atoms with van der Waals surface area (Å²) in [6.07, 6.45) is 1.97. The van der Waals surface area contributed by atoms with Gasteiger partial charge in [-0.1, -0.05) is 13.8 Å². The molecule has 32 heavy (non-hydrogen) atoms. The molecule has 0 N–H and O–H groups in total. The Hall–Kier alpha value is -3.04. The van der Waals surface area contributed by atoms with Crippen molar-refractivity contribution >= 4 is 17.8 Å². The minimum absolute atomic E-state index is 0.0217. The van der Waals surface area contributed by atoms with E-state index in [0.717, 1.165) is 36.7 Å². The molecule has 10 heteroatoms. The molecule has 2 aliphatic rings. The lowest BCUT2D eigenvalue weighted by Gasteiger charge is -2.25. The number of Topliss-reactive ketones (excluding diaryl/α,β-unsaturated/α-hetero) is 1. The monoisotopic (exact) mass is 447 g/mol. The van der Waals surface area contributed by atoms with Gasteiger partial charge in [0.05, 0.1) is 31.1 Å². The molecule has 1 aliphatic carbocycles. The molecule has 0 bridgehead atoms. The molecule has 2 aromatic heterocycles. The average molecular weight is 447 g/mol. The summed E-state index contributed by atoms with van der Waals surface area (Å²) in [5.74, 6) is 0.469. The van der Waals surface area contributed by atoms with Crippen molar-refractivity contribution in [1.82, 2.24) is 19.9 Å². The molecule has 2 amide bonds. The molecular weight excluding hydrogens is 423 g/mol. The molecule has 0 aromatic carbocycles. The first-order valence-electron chi connectivity index (χ1n) is 10.6. The number of anilines is 1. The van der Waals surface area contributed by atoms with Gasteiger partial charge in [-0.25, -0.2) is 14.8 Å². The van der Waals surface area contributed by atoms with Crippen LogP contribution in [0.1, 0.15) is 49.4 Å². The van der Waals surface area contributed by atoms with Gasteiger partial charge in [0.25, 0.3) is 0 Å². The Morgan fingerprint density at radius 2 is 1.88 bits per heavy atom. The van der Waals surface area contributed by atoms with E-state index in [-0.39, 0.29) is 42.4 Å². The fourth-order valence-electron chi connectivity index (χ4n) is 3.88. The first kappa shape index (κ1) is 22.2. The van der Waals surface area contributed by atoms with E-state index in [9.17, 15) is 22.8 Å². The maximum atomic E-state index is 13.1. The first-order valence-corrected chi connectivity index (χ1v) is 10.6. The average Bonchev–Trinajstić information content (AvgIpc) is 3.53. The number of rotatable bonds is 7. The molecule has 1 aliphatic heterocycles. The van der Waals surface area contributed by atoms with Crippen molar-refractivity contribution in [3.63, 3.8) is 0 Å². The van der Waals surface area contributed by atoms with Gasteiger partial charge in [0.1, 0.15) is 0 Å². The second kappa shape index (κ2) is 8.48. The minimum Gasteiger partial charge on any atom is -0.312 e. The molecule has 2 aromatic rings. The number of halogens is 3. The summed E-state index contributed by atoms with van der Waals surface area (Å²) in [4.78, 5) is 41.2. The number of pyridine rings is 1. The number of aromatic nitrogens is 3. The van der Waals surface area contributed by atoms with Crippen LogP contribution in [0, 0.1) is 5.92 Å². The van der Waals surface area contributed by atoms with Crippen molar-refractivity contribution in [2.45, 2.75) is 51.2 Å². The highest BCUT2D eigenvalue weighted by Crippen LogP contribution is 2.39. The number of hydrogen-bond acceptors (Lipinski definition) is 5. The Morgan fingerprint density at radius 1 is 1.19 bits per heavy atom. The van der Waals surface area contributed by atoms with Crippen molar-refractivity contribution < 1.29 is 22.8 Å². The van der Waals surface area contributed by atoms with Crippen LogP contribution in [0.15, 0.2) is 30.7 Å². The van der Waals surface area contributed by atoms with E-state index in [1.807, 2.05) is 13.8 Å². The number of carbonyl (C=O) groups excluding carboxylic acids is 2. The van der Waals surface area contributed by atoms with E-state index in [1.165, 1.54) is 9.80 Å². The van der Waals surface area contributed by atoms with E-state index < -0.39 is 11.7 Å². The summed E-state index contributed by atoms with van der Waals surface area (Å²) < 4.78 is 38.8. The van der Waals surface area contributed by atoms with Gasteiger partial charge in [0.15, 0.2) is 5.78 Å². The van der Waals surface area contributed by atoms with E-state index in [4.69, 9.17) is 0 Å². The van der Waals surface area contributed by atoms with Crippen LogP contribution in [0.4, 0.5) is 23.9 Å². The van der Waals surface area contributed by atoms with Crippen LogP contribution in [0.2, 0.25) is 0 Å². The highest BCUT2D eigenvalue weighted by atomic mass is 19.4. The number of urea groups is 1. The number of amides is 2. The molecule has 1 atom stereocenters. The Balaban J connectivity index is 1.46. The van der Waals surface area contributed by atoms with Gasteiger partial charge < -0.3 is 4.90 Å². The van der Waals surface area contributed by atoms with Crippen molar-refractivity contribution in [3.8, 4) is 0 Å². The topological polar surface area (TPSA) is 79.3 Å². The lowest BCUT2D eigenvalue weighted by Crippen LogP contribution is -2.41. The Labute approximate surface area is 183 Å². The molecule has 7 nitrogen and oxygen atoms in total. The zero-order valence-electron chi connectivity index (χ0n) is 17.8. The fourth-order valence-corrected chi connectivity index (χ4v) is 3.88. The fraction of sp³-hybridized carbons (Fsp3) is 0.500. The highest BCUT2D eigenvalue weighted by Gasteiger charge is 2.41. The van der Waals surface area contributed by atoms with E-state index >= 15 is 0 Å². The number of ketones is 1. The molecule has 0 radical (unpaired) electrons. The van der Waals surface area contributed by atoms with Gasteiger partial charge in [-0.05, 0) is 42.4 Å². The largest absolute Gasteiger partial charge is 0.416 e. The number of carbonyl (C=O) groups is 2. The summed E-state index contributed by atoms with van der Waals surface area (Å²) in [6.45, 7) is 4.03. The second-order valence-corrected chi connectivity index (χ2v) is 8.67. The van der Waals surface area contributed by atoms with Gasteiger partial charge in [-0.2, -0.15) is 13.2 Å². The molecule has 0 spiro atoms. The van der Waals surface area contributed by atoms with Gasteiger partial charge >= 0.3 is 12.2 Å². The smallest absolute Gasteiger partial charge is 0.312 e. The SMILES string of the molecule is CC(C)[C@H]1CN(c2ncc(C3CC3)cn2)C(=O)N1CC(=O)Cc1cc(C(F)(F)F)ccn1. The molecular formula is C22H24F3N5O2. The van der Waals surface area contributed by atoms with Gasteiger partial charge in [-0.15, -0.1) is 0 Å². The summed E-state index contributed by atoms with van der Waals surface area (Å²) in [6, 6.07) is 1.10. The van der Waals surface area contributed by atoms with Crippen LogP contribution < -0.4 is 4.90 Å². The van der Waals surface area contributed by atoms with Gasteiger partial charge in [0, 0.05) is 24.3 Å². The summed E-state index contributed by atoms with van der Waals surface area (Å²) >= 11 is 0. The van der Waals surface area contributed by atoms with Crippen LogP contribution in [0.25, 0.3) is 0 Å². The molecule has 3 heterocycles. The standard InChI is InChI=1S/C22H24F3N5O2/c1-13(2)19-12-30(20-27-9-15(10-28-20)14-3-4-14)21(32)29(19)11-18(31)8-17-7-16(5-6-26-17)22(23,24)25/h5-7,9-10,13-14,19H,3-4,8,11-12H2,1-2H3/t19-/m1/s1.